The molecule has 0 aromatic heterocycles. The number of benzene rings is 1. The Balaban J connectivity index is 1.82. The van der Waals surface area contributed by atoms with Crippen LogP contribution < -0.4 is 0 Å². The zero-order valence-corrected chi connectivity index (χ0v) is 11.7. The van der Waals surface area contributed by atoms with Crippen LogP contribution in [0, 0.1) is 0 Å². The molecule has 0 aliphatic carbocycles. The zero-order valence-electron chi connectivity index (χ0n) is 11.7. The Labute approximate surface area is 118 Å². The number of nitrogens with zero attached hydrogens (tertiary/aromatic N) is 1. The lowest BCUT2D eigenvalue weighted by Crippen LogP contribution is -2.56. The first kappa shape index (κ1) is 14.4. The van der Waals surface area contributed by atoms with E-state index >= 15 is 0 Å². The third-order valence-corrected chi connectivity index (χ3v) is 3.08. The van der Waals surface area contributed by atoms with Crippen molar-refractivity contribution in [2.45, 2.75) is 39.0 Å². The fourth-order valence-corrected chi connectivity index (χ4v) is 1.96. The van der Waals surface area contributed by atoms with Crippen molar-refractivity contribution in [1.29, 1.82) is 0 Å². The molecule has 0 N–H and O–H groups in total. The van der Waals surface area contributed by atoms with Crippen molar-refractivity contribution in [3.63, 3.8) is 0 Å². The highest BCUT2D eigenvalue weighted by molar-refractivity contribution is 5.83. The Morgan fingerprint density at radius 3 is 2.55 bits per heavy atom. The SMILES string of the molecule is CC(C)OC(=O)[C@@H]1CCN1C(=O)OCc1ccccc1. The number of esters is 1. The second-order valence-corrected chi connectivity index (χ2v) is 5.02. The van der Waals surface area contributed by atoms with Crippen molar-refractivity contribution in [2.75, 3.05) is 6.54 Å². The molecule has 1 amide bonds. The fraction of sp³-hybridized carbons (Fsp3) is 0.467. The summed E-state index contributed by atoms with van der Waals surface area (Å²) in [6, 6.07) is 8.94. The molecule has 0 bridgehead atoms. The maximum Gasteiger partial charge on any atom is 0.410 e. The summed E-state index contributed by atoms with van der Waals surface area (Å²) in [7, 11) is 0. The summed E-state index contributed by atoms with van der Waals surface area (Å²) in [5, 5.41) is 0. The summed E-state index contributed by atoms with van der Waals surface area (Å²) in [5.74, 6) is -0.358. The third-order valence-electron chi connectivity index (χ3n) is 3.08. The summed E-state index contributed by atoms with van der Waals surface area (Å²) < 4.78 is 10.3. The van der Waals surface area contributed by atoms with Crippen LogP contribution in [0.3, 0.4) is 0 Å². The zero-order chi connectivity index (χ0) is 14.5. The molecule has 1 aliphatic heterocycles. The molecule has 1 aliphatic rings. The molecule has 1 saturated heterocycles. The molecule has 0 saturated carbocycles. The van der Waals surface area contributed by atoms with Gasteiger partial charge in [-0.05, 0) is 25.8 Å². The summed E-state index contributed by atoms with van der Waals surface area (Å²) in [5.41, 5.74) is 0.919. The molecule has 0 unspecified atom stereocenters. The average molecular weight is 277 g/mol. The minimum atomic E-state index is -0.499. The van der Waals surface area contributed by atoms with E-state index in [1.165, 1.54) is 4.90 Å². The van der Waals surface area contributed by atoms with E-state index in [0.29, 0.717) is 13.0 Å². The van der Waals surface area contributed by atoms with E-state index in [-0.39, 0.29) is 18.7 Å². The predicted molar refractivity (Wildman–Crippen MR) is 73.0 cm³/mol. The van der Waals surface area contributed by atoms with E-state index in [1.54, 1.807) is 13.8 Å². The Morgan fingerprint density at radius 2 is 2.00 bits per heavy atom. The van der Waals surface area contributed by atoms with Crippen molar-refractivity contribution >= 4 is 12.1 Å². The second-order valence-electron chi connectivity index (χ2n) is 5.02. The minimum absolute atomic E-state index is 0.176. The maximum absolute atomic E-state index is 11.9. The predicted octanol–water partition coefficient (Wildman–Crippen LogP) is 2.35. The molecule has 1 fully saturated rings. The van der Waals surface area contributed by atoms with Crippen LogP contribution in [0.2, 0.25) is 0 Å². The molecule has 2 rings (SSSR count). The normalized spacial score (nSPS) is 17.6. The molecular weight excluding hydrogens is 258 g/mol. The number of carbonyl (C=O) groups is 2. The van der Waals surface area contributed by atoms with Crippen LogP contribution in [-0.4, -0.2) is 35.7 Å². The second kappa shape index (κ2) is 6.41. The topological polar surface area (TPSA) is 55.8 Å². The molecule has 0 radical (unpaired) electrons. The molecule has 20 heavy (non-hydrogen) atoms. The number of likely N-dealkylation sites (tertiary alicyclic amines) is 1. The molecule has 1 atom stereocenters. The maximum atomic E-state index is 11.9. The van der Waals surface area contributed by atoms with Gasteiger partial charge in [-0.1, -0.05) is 30.3 Å². The van der Waals surface area contributed by atoms with Gasteiger partial charge in [0.25, 0.3) is 0 Å². The van der Waals surface area contributed by atoms with Crippen LogP contribution in [0.5, 0.6) is 0 Å². The van der Waals surface area contributed by atoms with E-state index in [0.717, 1.165) is 5.56 Å². The van der Waals surface area contributed by atoms with Gasteiger partial charge in [0.15, 0.2) is 0 Å². The molecule has 108 valence electrons. The van der Waals surface area contributed by atoms with E-state index in [9.17, 15) is 9.59 Å². The first-order valence-electron chi connectivity index (χ1n) is 6.75. The Hall–Kier alpha value is -2.04. The number of hydrogen-bond acceptors (Lipinski definition) is 4. The lowest BCUT2D eigenvalue weighted by atomic mass is 10.0. The van der Waals surface area contributed by atoms with Gasteiger partial charge >= 0.3 is 12.1 Å². The summed E-state index contributed by atoms with van der Waals surface area (Å²) in [6.07, 6.45) is -0.0116. The first-order chi connectivity index (χ1) is 9.58. The van der Waals surface area contributed by atoms with Gasteiger partial charge in [0.2, 0.25) is 0 Å². The standard InChI is InChI=1S/C15H19NO4/c1-11(2)20-14(17)13-8-9-16(13)15(18)19-10-12-6-4-3-5-7-12/h3-7,11,13H,8-10H2,1-2H3/t13-/m0/s1. The van der Waals surface area contributed by atoms with Gasteiger partial charge in [-0.15, -0.1) is 0 Å². The largest absolute Gasteiger partial charge is 0.461 e. The van der Waals surface area contributed by atoms with E-state index in [1.807, 2.05) is 30.3 Å². The van der Waals surface area contributed by atoms with Crippen LogP contribution in [0.1, 0.15) is 25.8 Å². The lowest BCUT2D eigenvalue weighted by Gasteiger charge is -2.38. The van der Waals surface area contributed by atoms with Crippen molar-refractivity contribution in [3.8, 4) is 0 Å². The average Bonchev–Trinajstić information content (AvgIpc) is 2.35. The van der Waals surface area contributed by atoms with Crippen LogP contribution >= 0.6 is 0 Å². The van der Waals surface area contributed by atoms with E-state index < -0.39 is 12.1 Å². The van der Waals surface area contributed by atoms with Gasteiger partial charge < -0.3 is 9.47 Å². The smallest absolute Gasteiger partial charge is 0.410 e. The van der Waals surface area contributed by atoms with Gasteiger partial charge in [-0.2, -0.15) is 0 Å². The van der Waals surface area contributed by atoms with Gasteiger partial charge in [0.1, 0.15) is 12.6 Å². The summed E-state index contributed by atoms with van der Waals surface area (Å²) in [4.78, 5) is 25.1. The van der Waals surface area contributed by atoms with E-state index in [2.05, 4.69) is 0 Å². The van der Waals surface area contributed by atoms with Crippen LogP contribution in [0.4, 0.5) is 4.79 Å². The fourth-order valence-electron chi connectivity index (χ4n) is 1.96. The van der Waals surface area contributed by atoms with Gasteiger partial charge in [0, 0.05) is 6.54 Å². The van der Waals surface area contributed by atoms with Gasteiger partial charge in [-0.25, -0.2) is 9.59 Å². The monoisotopic (exact) mass is 277 g/mol. The van der Waals surface area contributed by atoms with Crippen LogP contribution in [0.15, 0.2) is 30.3 Å². The summed E-state index contributed by atoms with van der Waals surface area (Å²) in [6.45, 7) is 4.32. The molecule has 5 nitrogen and oxygen atoms in total. The summed E-state index contributed by atoms with van der Waals surface area (Å²) >= 11 is 0. The molecule has 0 spiro atoms. The van der Waals surface area contributed by atoms with E-state index in [4.69, 9.17) is 9.47 Å². The highest BCUT2D eigenvalue weighted by atomic mass is 16.6. The Kier molecular flexibility index (Phi) is 4.61. The molecule has 5 heteroatoms. The minimum Gasteiger partial charge on any atom is -0.461 e. The third kappa shape index (κ3) is 3.50. The lowest BCUT2D eigenvalue weighted by molar-refractivity contribution is -0.157. The highest BCUT2D eigenvalue weighted by Crippen LogP contribution is 2.20. The number of hydrogen-bond donors (Lipinski definition) is 0. The van der Waals surface area contributed by atoms with Gasteiger partial charge in [0.05, 0.1) is 6.10 Å². The molecular formula is C15H19NO4. The molecule has 1 aromatic carbocycles. The Bertz CT molecular complexity index is 472. The number of rotatable bonds is 4. The number of amides is 1. The van der Waals surface area contributed by atoms with Crippen molar-refractivity contribution in [3.05, 3.63) is 35.9 Å². The number of ether oxygens (including phenoxy) is 2. The van der Waals surface area contributed by atoms with Crippen molar-refractivity contribution in [1.82, 2.24) is 4.90 Å². The molecule has 1 heterocycles. The van der Waals surface area contributed by atoms with Gasteiger partial charge in [-0.3, -0.25) is 4.90 Å². The van der Waals surface area contributed by atoms with Crippen molar-refractivity contribution in [2.24, 2.45) is 0 Å². The van der Waals surface area contributed by atoms with Crippen molar-refractivity contribution < 1.29 is 19.1 Å². The van der Waals surface area contributed by atoms with Crippen LogP contribution in [0.25, 0.3) is 0 Å². The first-order valence-corrected chi connectivity index (χ1v) is 6.75. The molecule has 1 aromatic rings. The number of carbonyl (C=O) groups excluding carboxylic acids is 2. The Morgan fingerprint density at radius 1 is 1.30 bits per heavy atom. The van der Waals surface area contributed by atoms with Crippen LogP contribution in [-0.2, 0) is 20.9 Å². The quantitative estimate of drug-likeness (QED) is 0.793. The highest BCUT2D eigenvalue weighted by Gasteiger charge is 2.40.